The second-order valence-electron chi connectivity index (χ2n) is 5.19. The molecule has 1 aromatic carbocycles. The fraction of sp³-hybridized carbons (Fsp3) is 0.333. The van der Waals surface area contributed by atoms with Crippen LogP contribution in [0.4, 0.5) is 4.39 Å². The Balaban J connectivity index is 0.00000312. The Labute approximate surface area is 170 Å². The number of nitrogens with one attached hydrogen (secondary N) is 2. The topological polar surface area (TPSA) is 49.3 Å². The average molecular weight is 474 g/mol. The monoisotopic (exact) mass is 474 g/mol. The van der Waals surface area contributed by atoms with Crippen molar-refractivity contribution >= 4 is 41.7 Å². The lowest BCUT2D eigenvalue weighted by atomic mass is 10.2. The molecule has 0 aliphatic heterocycles. The van der Waals surface area contributed by atoms with Crippen LogP contribution in [0.3, 0.4) is 0 Å². The number of halogens is 2. The smallest absolute Gasteiger partial charge is 0.190 e. The third kappa shape index (κ3) is 9.06. The van der Waals surface area contributed by atoms with Gasteiger partial charge in [-0.2, -0.15) is 0 Å². The Hall–Kier alpha value is -1.35. The molecule has 4 nitrogen and oxygen atoms in total. The number of rotatable bonds is 8. The molecule has 0 aliphatic carbocycles. The van der Waals surface area contributed by atoms with Crippen LogP contribution in [-0.4, -0.2) is 36.8 Å². The molecule has 1 aromatic heterocycles. The summed E-state index contributed by atoms with van der Waals surface area (Å²) in [6.45, 7) is 1.66. The van der Waals surface area contributed by atoms with E-state index in [1.165, 1.54) is 17.7 Å². The van der Waals surface area contributed by atoms with Gasteiger partial charge in [0.05, 0.1) is 0 Å². The van der Waals surface area contributed by atoms with Crippen LogP contribution in [-0.2, 0) is 6.42 Å². The Morgan fingerprint density at radius 1 is 1.16 bits per heavy atom. The SMILES string of the molecule is CN=C(NCCCSc1ccc(F)cc1)NCCc1cccnc1.I. The van der Waals surface area contributed by atoms with Crippen molar-refractivity contribution in [1.82, 2.24) is 15.6 Å². The molecule has 25 heavy (non-hydrogen) atoms. The molecular formula is C18H24FIN4S. The van der Waals surface area contributed by atoms with Crippen molar-refractivity contribution in [2.75, 3.05) is 25.9 Å². The van der Waals surface area contributed by atoms with Crippen molar-refractivity contribution in [3.05, 3.63) is 60.2 Å². The molecular weight excluding hydrogens is 450 g/mol. The number of thioether (sulfide) groups is 1. The van der Waals surface area contributed by atoms with Crippen molar-refractivity contribution in [3.8, 4) is 0 Å². The van der Waals surface area contributed by atoms with Gasteiger partial charge >= 0.3 is 0 Å². The van der Waals surface area contributed by atoms with Crippen molar-refractivity contribution in [3.63, 3.8) is 0 Å². The third-order valence-corrected chi connectivity index (χ3v) is 4.45. The Morgan fingerprint density at radius 2 is 1.92 bits per heavy atom. The normalized spacial score (nSPS) is 10.9. The van der Waals surface area contributed by atoms with E-state index in [9.17, 15) is 4.39 Å². The first-order valence-corrected chi connectivity index (χ1v) is 8.98. The molecule has 136 valence electrons. The number of aliphatic imine (C=N–C) groups is 1. The average Bonchev–Trinajstić information content (AvgIpc) is 2.62. The first-order chi connectivity index (χ1) is 11.8. The van der Waals surface area contributed by atoms with Crippen LogP contribution in [0.1, 0.15) is 12.0 Å². The van der Waals surface area contributed by atoms with E-state index >= 15 is 0 Å². The number of hydrogen-bond donors (Lipinski definition) is 2. The Bertz CT molecular complexity index is 623. The van der Waals surface area contributed by atoms with Gasteiger partial charge in [0.1, 0.15) is 5.82 Å². The summed E-state index contributed by atoms with van der Waals surface area (Å²) in [7, 11) is 1.77. The van der Waals surface area contributed by atoms with E-state index in [4.69, 9.17) is 0 Å². The predicted octanol–water partition coefficient (Wildman–Crippen LogP) is 3.73. The maximum Gasteiger partial charge on any atom is 0.190 e. The molecule has 0 aliphatic rings. The van der Waals surface area contributed by atoms with Gasteiger partial charge in [0.15, 0.2) is 5.96 Å². The molecule has 0 spiro atoms. The second kappa shape index (κ2) is 12.9. The molecule has 0 saturated carbocycles. The van der Waals surface area contributed by atoms with Crippen LogP contribution in [0, 0.1) is 5.82 Å². The Morgan fingerprint density at radius 3 is 2.60 bits per heavy atom. The summed E-state index contributed by atoms with van der Waals surface area (Å²) in [6, 6.07) is 10.6. The maximum atomic E-state index is 12.8. The second-order valence-corrected chi connectivity index (χ2v) is 6.36. The first-order valence-electron chi connectivity index (χ1n) is 8.00. The van der Waals surface area contributed by atoms with Crippen LogP contribution < -0.4 is 10.6 Å². The molecule has 0 radical (unpaired) electrons. The van der Waals surface area contributed by atoms with Gasteiger partial charge in [0.2, 0.25) is 0 Å². The Kier molecular flexibility index (Phi) is 11.2. The molecule has 2 N–H and O–H groups in total. The van der Waals surface area contributed by atoms with Crippen LogP contribution in [0.5, 0.6) is 0 Å². The largest absolute Gasteiger partial charge is 0.356 e. The highest BCUT2D eigenvalue weighted by Crippen LogP contribution is 2.18. The number of pyridine rings is 1. The van der Waals surface area contributed by atoms with Gasteiger partial charge in [-0.25, -0.2) is 4.39 Å². The van der Waals surface area contributed by atoms with Gasteiger partial charge < -0.3 is 10.6 Å². The quantitative estimate of drug-likeness (QED) is 0.201. The maximum absolute atomic E-state index is 12.8. The van der Waals surface area contributed by atoms with E-state index < -0.39 is 0 Å². The van der Waals surface area contributed by atoms with Gasteiger partial charge in [-0.3, -0.25) is 9.98 Å². The summed E-state index contributed by atoms with van der Waals surface area (Å²) >= 11 is 1.73. The zero-order valence-corrected chi connectivity index (χ0v) is 17.4. The number of benzene rings is 1. The van der Waals surface area contributed by atoms with Gasteiger partial charge in [0, 0.05) is 37.4 Å². The number of nitrogens with zero attached hydrogens (tertiary/aromatic N) is 2. The highest BCUT2D eigenvalue weighted by Gasteiger charge is 1.99. The number of aromatic nitrogens is 1. The van der Waals surface area contributed by atoms with Crippen LogP contribution in [0.2, 0.25) is 0 Å². The van der Waals surface area contributed by atoms with Gasteiger partial charge in [0.25, 0.3) is 0 Å². The fourth-order valence-corrected chi connectivity index (χ4v) is 2.94. The van der Waals surface area contributed by atoms with Crippen molar-refractivity contribution in [2.45, 2.75) is 17.7 Å². The number of hydrogen-bond acceptors (Lipinski definition) is 3. The van der Waals surface area contributed by atoms with Crippen LogP contribution in [0.25, 0.3) is 0 Å². The van der Waals surface area contributed by atoms with Crippen molar-refractivity contribution in [2.24, 2.45) is 4.99 Å². The number of guanidine groups is 1. The highest BCUT2D eigenvalue weighted by molar-refractivity contribution is 14.0. The minimum Gasteiger partial charge on any atom is -0.356 e. The van der Waals surface area contributed by atoms with Crippen molar-refractivity contribution < 1.29 is 4.39 Å². The molecule has 0 bridgehead atoms. The minimum atomic E-state index is -0.192. The predicted molar refractivity (Wildman–Crippen MR) is 114 cm³/mol. The van der Waals surface area contributed by atoms with E-state index in [2.05, 4.69) is 26.7 Å². The lowest BCUT2D eigenvalue weighted by Crippen LogP contribution is -2.38. The molecule has 0 amide bonds. The first kappa shape index (κ1) is 21.7. The molecule has 0 unspecified atom stereocenters. The summed E-state index contributed by atoms with van der Waals surface area (Å²) in [5.74, 6) is 1.60. The molecule has 0 atom stereocenters. The van der Waals surface area contributed by atoms with E-state index in [-0.39, 0.29) is 29.8 Å². The van der Waals surface area contributed by atoms with Crippen molar-refractivity contribution in [1.29, 1.82) is 0 Å². The summed E-state index contributed by atoms with van der Waals surface area (Å²) in [5.41, 5.74) is 1.20. The summed E-state index contributed by atoms with van der Waals surface area (Å²) in [5, 5.41) is 6.60. The molecule has 0 fully saturated rings. The van der Waals surface area contributed by atoms with E-state index in [0.717, 1.165) is 42.5 Å². The molecule has 7 heteroatoms. The summed E-state index contributed by atoms with van der Waals surface area (Å²) in [6.07, 6.45) is 5.58. The lowest BCUT2D eigenvalue weighted by Gasteiger charge is -2.11. The highest BCUT2D eigenvalue weighted by atomic mass is 127. The minimum absolute atomic E-state index is 0. The fourth-order valence-electron chi connectivity index (χ4n) is 2.09. The summed E-state index contributed by atoms with van der Waals surface area (Å²) < 4.78 is 12.8. The zero-order valence-electron chi connectivity index (χ0n) is 14.2. The molecule has 2 rings (SSSR count). The third-order valence-electron chi connectivity index (χ3n) is 3.35. The zero-order chi connectivity index (χ0) is 17.0. The molecule has 1 heterocycles. The van der Waals surface area contributed by atoms with Gasteiger partial charge in [-0.1, -0.05) is 6.07 Å². The van der Waals surface area contributed by atoms with Crippen LogP contribution in [0.15, 0.2) is 58.7 Å². The van der Waals surface area contributed by atoms with E-state index in [0.29, 0.717) is 0 Å². The lowest BCUT2D eigenvalue weighted by molar-refractivity contribution is 0.626. The standard InChI is InChI=1S/C18H23FN4S.HI/c1-20-18(23-12-9-15-4-2-10-21-14-15)22-11-3-13-24-17-7-5-16(19)6-8-17;/h2,4-8,10,14H,3,9,11-13H2,1H3,(H2,20,22,23);1H. The van der Waals surface area contributed by atoms with Gasteiger partial charge in [-0.05, 0) is 54.5 Å². The van der Waals surface area contributed by atoms with Crippen LogP contribution >= 0.6 is 35.7 Å². The molecule has 0 saturated heterocycles. The molecule has 2 aromatic rings. The van der Waals surface area contributed by atoms with E-state index in [1.54, 1.807) is 25.0 Å². The summed E-state index contributed by atoms with van der Waals surface area (Å²) in [4.78, 5) is 9.41. The van der Waals surface area contributed by atoms with E-state index in [1.807, 2.05) is 24.4 Å². The van der Waals surface area contributed by atoms with Gasteiger partial charge in [-0.15, -0.1) is 35.7 Å².